The van der Waals surface area contributed by atoms with Gasteiger partial charge in [-0.3, -0.25) is 0 Å². The van der Waals surface area contributed by atoms with E-state index >= 15 is 0 Å². The molecule has 0 radical (unpaired) electrons. The maximum atomic E-state index is 8.84. The van der Waals surface area contributed by atoms with E-state index in [-0.39, 0.29) is 12.6 Å². The third-order valence-corrected chi connectivity index (χ3v) is 2.71. The van der Waals surface area contributed by atoms with Crippen molar-refractivity contribution in [2.75, 3.05) is 11.9 Å². The minimum atomic E-state index is 0.204. The molecule has 78 valence electrons. The number of aliphatic hydroxyl groups excluding tert-OH is 1. The topological polar surface area (TPSA) is 45.1 Å². The van der Waals surface area contributed by atoms with Gasteiger partial charge in [0.2, 0.25) is 0 Å². The predicted octanol–water partition coefficient (Wildman–Crippen LogP) is 2.42. The van der Waals surface area contributed by atoms with E-state index in [0.717, 1.165) is 23.1 Å². The van der Waals surface area contributed by atoms with Gasteiger partial charge in [0.1, 0.15) is 5.82 Å². The fraction of sp³-hybridized carbons (Fsp3) is 0.500. The summed E-state index contributed by atoms with van der Waals surface area (Å²) in [6, 6.07) is 4.11. The highest BCUT2D eigenvalue weighted by atomic mass is 79.9. The van der Waals surface area contributed by atoms with Gasteiger partial charge < -0.3 is 10.4 Å². The van der Waals surface area contributed by atoms with Crippen LogP contribution in [0.25, 0.3) is 0 Å². The van der Waals surface area contributed by atoms with E-state index in [9.17, 15) is 0 Å². The highest BCUT2D eigenvalue weighted by Crippen LogP contribution is 2.20. The van der Waals surface area contributed by atoms with Crippen LogP contribution in [0.5, 0.6) is 0 Å². The second-order valence-electron chi connectivity index (χ2n) is 3.10. The largest absolute Gasteiger partial charge is 0.396 e. The van der Waals surface area contributed by atoms with Crippen molar-refractivity contribution in [1.82, 2.24) is 4.98 Å². The van der Waals surface area contributed by atoms with Crippen molar-refractivity contribution in [1.29, 1.82) is 0 Å². The van der Waals surface area contributed by atoms with E-state index < -0.39 is 0 Å². The molecule has 1 unspecified atom stereocenters. The Kier molecular flexibility index (Phi) is 4.90. The van der Waals surface area contributed by atoms with Crippen LogP contribution in [0.4, 0.5) is 5.82 Å². The second kappa shape index (κ2) is 5.98. The highest BCUT2D eigenvalue weighted by Gasteiger charge is 2.07. The average molecular weight is 259 g/mol. The van der Waals surface area contributed by atoms with Gasteiger partial charge in [0.15, 0.2) is 0 Å². The van der Waals surface area contributed by atoms with Crippen LogP contribution in [-0.2, 0) is 0 Å². The van der Waals surface area contributed by atoms with Gasteiger partial charge >= 0.3 is 0 Å². The molecule has 0 aliphatic rings. The molecule has 0 aromatic carbocycles. The molecular formula is C10H15BrN2O. The minimum absolute atomic E-state index is 0.204. The molecular weight excluding hydrogens is 244 g/mol. The molecule has 0 bridgehead atoms. The zero-order valence-electron chi connectivity index (χ0n) is 8.20. The molecule has 1 heterocycles. The van der Waals surface area contributed by atoms with E-state index in [4.69, 9.17) is 5.11 Å². The number of aliphatic hydroxyl groups is 1. The maximum absolute atomic E-state index is 8.84. The first-order chi connectivity index (χ1) is 6.77. The van der Waals surface area contributed by atoms with Gasteiger partial charge in [0, 0.05) is 18.8 Å². The summed E-state index contributed by atoms with van der Waals surface area (Å²) < 4.78 is 0.955. The van der Waals surface area contributed by atoms with Crippen LogP contribution in [0.2, 0.25) is 0 Å². The highest BCUT2D eigenvalue weighted by molar-refractivity contribution is 9.10. The van der Waals surface area contributed by atoms with Crippen LogP contribution < -0.4 is 5.32 Å². The van der Waals surface area contributed by atoms with Crippen molar-refractivity contribution in [2.24, 2.45) is 0 Å². The number of nitrogens with zero attached hydrogens (tertiary/aromatic N) is 1. The normalized spacial score (nSPS) is 12.5. The quantitative estimate of drug-likeness (QED) is 0.853. The lowest BCUT2D eigenvalue weighted by molar-refractivity contribution is 0.278. The Balaban J connectivity index is 2.62. The fourth-order valence-electron chi connectivity index (χ4n) is 1.22. The first-order valence-corrected chi connectivity index (χ1v) is 5.55. The Labute approximate surface area is 92.7 Å². The first kappa shape index (κ1) is 11.5. The van der Waals surface area contributed by atoms with Crippen molar-refractivity contribution >= 4 is 21.7 Å². The van der Waals surface area contributed by atoms with Crippen LogP contribution in [0.15, 0.2) is 22.8 Å². The van der Waals surface area contributed by atoms with Crippen molar-refractivity contribution in [3.05, 3.63) is 22.8 Å². The van der Waals surface area contributed by atoms with Crippen molar-refractivity contribution in [3.8, 4) is 0 Å². The Morgan fingerprint density at radius 1 is 1.64 bits per heavy atom. The number of halogens is 1. The Morgan fingerprint density at radius 2 is 2.43 bits per heavy atom. The SMILES string of the molecule is CCC(CCO)Nc1ncccc1Br. The molecule has 1 rings (SSSR count). The fourth-order valence-corrected chi connectivity index (χ4v) is 1.59. The van der Waals surface area contributed by atoms with E-state index in [1.165, 1.54) is 0 Å². The van der Waals surface area contributed by atoms with E-state index in [0.29, 0.717) is 0 Å². The average Bonchev–Trinajstić information content (AvgIpc) is 2.20. The Bertz CT molecular complexity index is 281. The summed E-state index contributed by atoms with van der Waals surface area (Å²) in [5.74, 6) is 0.841. The van der Waals surface area contributed by atoms with Gasteiger partial charge in [-0.05, 0) is 40.9 Å². The molecule has 0 spiro atoms. The van der Waals surface area contributed by atoms with Gasteiger partial charge in [0.25, 0.3) is 0 Å². The van der Waals surface area contributed by atoms with Crippen LogP contribution in [0.1, 0.15) is 19.8 Å². The van der Waals surface area contributed by atoms with Crippen LogP contribution in [0, 0.1) is 0 Å². The third-order valence-electron chi connectivity index (χ3n) is 2.07. The monoisotopic (exact) mass is 258 g/mol. The number of aromatic nitrogens is 1. The van der Waals surface area contributed by atoms with E-state index in [1.807, 2.05) is 12.1 Å². The summed E-state index contributed by atoms with van der Waals surface area (Å²) in [6.45, 7) is 2.29. The molecule has 1 atom stereocenters. The number of rotatable bonds is 5. The van der Waals surface area contributed by atoms with Gasteiger partial charge in [-0.1, -0.05) is 6.92 Å². The molecule has 4 heteroatoms. The standard InChI is InChI=1S/C10H15BrN2O/c1-2-8(5-7-14)13-10-9(11)4-3-6-12-10/h3-4,6,8,14H,2,5,7H2,1H3,(H,12,13). The second-order valence-corrected chi connectivity index (χ2v) is 3.95. The van der Waals surface area contributed by atoms with Crippen molar-refractivity contribution in [3.63, 3.8) is 0 Å². The number of hydrogen-bond donors (Lipinski definition) is 2. The van der Waals surface area contributed by atoms with Gasteiger partial charge in [-0.25, -0.2) is 4.98 Å². The van der Waals surface area contributed by atoms with E-state index in [1.54, 1.807) is 6.20 Å². The number of hydrogen-bond acceptors (Lipinski definition) is 3. The minimum Gasteiger partial charge on any atom is -0.396 e. The molecule has 1 aromatic heterocycles. The Morgan fingerprint density at radius 3 is 3.00 bits per heavy atom. The lowest BCUT2D eigenvalue weighted by Crippen LogP contribution is -2.20. The zero-order valence-corrected chi connectivity index (χ0v) is 9.79. The number of nitrogens with one attached hydrogen (secondary N) is 1. The van der Waals surface area contributed by atoms with Crippen molar-refractivity contribution < 1.29 is 5.11 Å². The molecule has 0 saturated heterocycles. The summed E-state index contributed by atoms with van der Waals surface area (Å²) >= 11 is 3.42. The summed E-state index contributed by atoms with van der Waals surface area (Å²) in [5.41, 5.74) is 0. The molecule has 1 aromatic rings. The summed E-state index contributed by atoms with van der Waals surface area (Å²) in [7, 11) is 0. The zero-order chi connectivity index (χ0) is 10.4. The van der Waals surface area contributed by atoms with Crippen LogP contribution in [0.3, 0.4) is 0 Å². The molecule has 0 saturated carbocycles. The Hall–Kier alpha value is -0.610. The maximum Gasteiger partial charge on any atom is 0.140 e. The summed E-state index contributed by atoms with van der Waals surface area (Å²) in [6.07, 6.45) is 3.47. The molecule has 0 amide bonds. The lowest BCUT2D eigenvalue weighted by atomic mass is 10.1. The smallest absolute Gasteiger partial charge is 0.140 e. The number of anilines is 1. The predicted molar refractivity (Wildman–Crippen MR) is 61.3 cm³/mol. The van der Waals surface area contributed by atoms with Gasteiger partial charge in [0.05, 0.1) is 4.47 Å². The number of pyridine rings is 1. The molecule has 3 nitrogen and oxygen atoms in total. The molecule has 0 aliphatic heterocycles. The summed E-state index contributed by atoms with van der Waals surface area (Å²) in [4.78, 5) is 4.21. The molecule has 2 N–H and O–H groups in total. The van der Waals surface area contributed by atoms with Crippen LogP contribution >= 0.6 is 15.9 Å². The third kappa shape index (κ3) is 3.27. The van der Waals surface area contributed by atoms with Gasteiger partial charge in [-0.15, -0.1) is 0 Å². The molecule has 14 heavy (non-hydrogen) atoms. The van der Waals surface area contributed by atoms with Crippen LogP contribution in [-0.4, -0.2) is 22.7 Å². The first-order valence-electron chi connectivity index (χ1n) is 4.75. The van der Waals surface area contributed by atoms with Crippen molar-refractivity contribution in [2.45, 2.75) is 25.8 Å². The summed E-state index contributed by atoms with van der Waals surface area (Å²) in [5, 5.41) is 12.1. The van der Waals surface area contributed by atoms with Gasteiger partial charge in [-0.2, -0.15) is 0 Å². The lowest BCUT2D eigenvalue weighted by Gasteiger charge is -2.16. The molecule has 0 fully saturated rings. The molecule has 0 aliphatic carbocycles. The van der Waals surface area contributed by atoms with E-state index in [2.05, 4.69) is 33.2 Å².